The molecule has 0 aromatic heterocycles. The Hall–Kier alpha value is -2.13. The van der Waals surface area contributed by atoms with Crippen LogP contribution in [-0.4, -0.2) is 10.9 Å². The van der Waals surface area contributed by atoms with Crippen molar-refractivity contribution in [2.45, 2.75) is 13.0 Å². The first-order valence-corrected chi connectivity index (χ1v) is 5.77. The van der Waals surface area contributed by atoms with Gasteiger partial charge in [-0.3, -0.25) is 4.79 Å². The van der Waals surface area contributed by atoms with E-state index in [4.69, 9.17) is 5.73 Å². The molecule has 0 heterocycles. The predicted octanol–water partition coefficient (Wildman–Crippen LogP) is 2.55. The summed E-state index contributed by atoms with van der Waals surface area (Å²) in [4.78, 5) is 12.4. The van der Waals surface area contributed by atoms with Crippen LogP contribution in [0.4, 0.5) is 5.69 Å². The summed E-state index contributed by atoms with van der Waals surface area (Å²) >= 11 is 0. The van der Waals surface area contributed by atoms with E-state index in [1.54, 1.807) is 55.5 Å². The fraction of sp³-hybridized carbons (Fsp3) is 0.133. The highest BCUT2D eigenvalue weighted by Crippen LogP contribution is 2.22. The van der Waals surface area contributed by atoms with Crippen molar-refractivity contribution < 1.29 is 9.90 Å². The van der Waals surface area contributed by atoms with Crippen molar-refractivity contribution in [3.05, 3.63) is 65.2 Å². The Morgan fingerprint density at radius 2 is 1.61 bits per heavy atom. The zero-order chi connectivity index (χ0) is 13.1. The van der Waals surface area contributed by atoms with Crippen molar-refractivity contribution in [1.29, 1.82) is 0 Å². The third kappa shape index (κ3) is 2.26. The SMILES string of the molecule is CC(O)c1ccccc1C(=O)c1ccccc1N. The van der Waals surface area contributed by atoms with Crippen LogP contribution in [0.25, 0.3) is 0 Å². The van der Waals surface area contributed by atoms with Crippen molar-refractivity contribution in [3.8, 4) is 0 Å². The molecule has 2 aromatic rings. The number of para-hydroxylation sites is 1. The van der Waals surface area contributed by atoms with E-state index in [2.05, 4.69) is 0 Å². The highest BCUT2D eigenvalue weighted by molar-refractivity contribution is 6.12. The Balaban J connectivity index is 2.50. The number of aliphatic hydroxyl groups excluding tert-OH is 1. The molecular formula is C15H15NO2. The van der Waals surface area contributed by atoms with Gasteiger partial charge in [0.25, 0.3) is 0 Å². The molecule has 3 nitrogen and oxygen atoms in total. The van der Waals surface area contributed by atoms with E-state index < -0.39 is 6.10 Å². The molecular weight excluding hydrogens is 226 g/mol. The Labute approximate surface area is 106 Å². The minimum Gasteiger partial charge on any atom is -0.398 e. The largest absolute Gasteiger partial charge is 0.398 e. The topological polar surface area (TPSA) is 63.3 Å². The van der Waals surface area contributed by atoms with E-state index in [0.717, 1.165) is 0 Å². The number of hydrogen-bond acceptors (Lipinski definition) is 3. The Morgan fingerprint density at radius 3 is 2.22 bits per heavy atom. The number of aliphatic hydroxyl groups is 1. The van der Waals surface area contributed by atoms with Crippen LogP contribution in [0.2, 0.25) is 0 Å². The van der Waals surface area contributed by atoms with Gasteiger partial charge < -0.3 is 10.8 Å². The minimum absolute atomic E-state index is 0.162. The zero-order valence-electron chi connectivity index (χ0n) is 10.1. The summed E-state index contributed by atoms with van der Waals surface area (Å²) in [6.07, 6.45) is -0.685. The molecule has 0 fully saturated rings. The number of nitrogens with two attached hydrogens (primary N) is 1. The third-order valence-corrected chi connectivity index (χ3v) is 2.86. The van der Waals surface area contributed by atoms with Gasteiger partial charge in [0.2, 0.25) is 0 Å². The average molecular weight is 241 g/mol. The summed E-state index contributed by atoms with van der Waals surface area (Å²) < 4.78 is 0. The molecule has 0 aliphatic rings. The third-order valence-electron chi connectivity index (χ3n) is 2.86. The lowest BCUT2D eigenvalue weighted by Crippen LogP contribution is -2.09. The predicted molar refractivity (Wildman–Crippen MR) is 71.4 cm³/mol. The summed E-state index contributed by atoms with van der Waals surface area (Å²) in [6.45, 7) is 1.64. The van der Waals surface area contributed by atoms with Gasteiger partial charge in [-0.05, 0) is 24.6 Å². The van der Waals surface area contributed by atoms with Gasteiger partial charge in [0.05, 0.1) is 6.10 Å². The maximum atomic E-state index is 12.4. The van der Waals surface area contributed by atoms with Gasteiger partial charge in [0.15, 0.2) is 5.78 Å². The fourth-order valence-electron chi connectivity index (χ4n) is 1.92. The molecule has 92 valence electrons. The molecule has 0 aliphatic carbocycles. The first kappa shape index (κ1) is 12.3. The molecule has 0 spiro atoms. The number of nitrogen functional groups attached to an aromatic ring is 1. The van der Waals surface area contributed by atoms with Crippen molar-refractivity contribution in [2.75, 3.05) is 5.73 Å². The summed E-state index contributed by atoms with van der Waals surface area (Å²) in [5.41, 5.74) is 7.82. The highest BCUT2D eigenvalue weighted by Gasteiger charge is 2.17. The average Bonchev–Trinajstić information content (AvgIpc) is 2.38. The molecule has 3 N–H and O–H groups in total. The van der Waals surface area contributed by atoms with Crippen LogP contribution in [0.5, 0.6) is 0 Å². The second kappa shape index (κ2) is 5.02. The molecule has 0 saturated heterocycles. The van der Waals surface area contributed by atoms with Crippen LogP contribution >= 0.6 is 0 Å². The molecule has 0 radical (unpaired) electrons. The summed E-state index contributed by atoms with van der Waals surface area (Å²) in [5, 5.41) is 9.69. The highest BCUT2D eigenvalue weighted by atomic mass is 16.3. The molecule has 1 atom stereocenters. The number of hydrogen-bond donors (Lipinski definition) is 2. The molecule has 0 amide bonds. The number of carbonyl (C=O) groups excluding carboxylic acids is 1. The second-order valence-electron chi connectivity index (χ2n) is 4.18. The van der Waals surface area contributed by atoms with Crippen molar-refractivity contribution >= 4 is 11.5 Å². The Bertz CT molecular complexity index is 576. The maximum absolute atomic E-state index is 12.4. The molecule has 0 saturated carbocycles. The zero-order valence-corrected chi connectivity index (χ0v) is 10.1. The van der Waals surface area contributed by atoms with Crippen molar-refractivity contribution in [1.82, 2.24) is 0 Å². The Kier molecular flexibility index (Phi) is 3.44. The van der Waals surface area contributed by atoms with E-state index in [9.17, 15) is 9.90 Å². The number of benzene rings is 2. The first-order valence-electron chi connectivity index (χ1n) is 5.77. The fourth-order valence-corrected chi connectivity index (χ4v) is 1.92. The number of rotatable bonds is 3. The summed E-state index contributed by atoms with van der Waals surface area (Å²) in [7, 11) is 0. The van der Waals surface area contributed by atoms with Gasteiger partial charge >= 0.3 is 0 Å². The number of ketones is 1. The molecule has 2 rings (SSSR count). The van der Waals surface area contributed by atoms with Crippen LogP contribution < -0.4 is 5.73 Å². The molecule has 3 heteroatoms. The molecule has 2 aromatic carbocycles. The van der Waals surface area contributed by atoms with Crippen molar-refractivity contribution in [3.63, 3.8) is 0 Å². The monoisotopic (exact) mass is 241 g/mol. The molecule has 18 heavy (non-hydrogen) atoms. The van der Waals surface area contributed by atoms with E-state index in [0.29, 0.717) is 22.4 Å². The minimum atomic E-state index is -0.685. The van der Waals surface area contributed by atoms with E-state index in [1.165, 1.54) is 0 Å². The van der Waals surface area contributed by atoms with Crippen LogP contribution in [0.1, 0.15) is 34.5 Å². The molecule has 1 unspecified atom stereocenters. The smallest absolute Gasteiger partial charge is 0.195 e. The molecule has 0 bridgehead atoms. The summed E-state index contributed by atoms with van der Waals surface area (Å²) in [5.74, 6) is -0.162. The maximum Gasteiger partial charge on any atom is 0.195 e. The van der Waals surface area contributed by atoms with E-state index in [-0.39, 0.29) is 5.78 Å². The van der Waals surface area contributed by atoms with Gasteiger partial charge in [0.1, 0.15) is 0 Å². The lowest BCUT2D eigenvalue weighted by Gasteiger charge is -2.11. The standard InChI is InChI=1S/C15H15NO2/c1-10(17)11-6-2-3-7-12(11)15(18)13-8-4-5-9-14(13)16/h2-10,17H,16H2,1H3. The van der Waals surface area contributed by atoms with Gasteiger partial charge in [-0.25, -0.2) is 0 Å². The van der Waals surface area contributed by atoms with E-state index in [1.807, 2.05) is 0 Å². The van der Waals surface area contributed by atoms with Crippen molar-refractivity contribution in [2.24, 2.45) is 0 Å². The number of anilines is 1. The van der Waals surface area contributed by atoms with Gasteiger partial charge in [-0.1, -0.05) is 36.4 Å². The quantitative estimate of drug-likeness (QED) is 0.641. The lowest BCUT2D eigenvalue weighted by atomic mass is 9.95. The lowest BCUT2D eigenvalue weighted by molar-refractivity contribution is 0.103. The number of carbonyl (C=O) groups is 1. The van der Waals surface area contributed by atoms with Gasteiger partial charge in [-0.15, -0.1) is 0 Å². The van der Waals surface area contributed by atoms with Crippen LogP contribution in [0.15, 0.2) is 48.5 Å². The van der Waals surface area contributed by atoms with Crippen LogP contribution in [0.3, 0.4) is 0 Å². The molecule has 0 aliphatic heterocycles. The summed E-state index contributed by atoms with van der Waals surface area (Å²) in [6, 6.07) is 14.0. The van der Waals surface area contributed by atoms with Gasteiger partial charge in [0, 0.05) is 16.8 Å². The van der Waals surface area contributed by atoms with E-state index >= 15 is 0 Å². The Morgan fingerprint density at radius 1 is 1.06 bits per heavy atom. The van der Waals surface area contributed by atoms with Crippen LogP contribution in [-0.2, 0) is 0 Å². The normalized spacial score (nSPS) is 12.1. The van der Waals surface area contributed by atoms with Crippen LogP contribution in [0, 0.1) is 0 Å². The van der Waals surface area contributed by atoms with Gasteiger partial charge in [-0.2, -0.15) is 0 Å². The second-order valence-corrected chi connectivity index (χ2v) is 4.18. The first-order chi connectivity index (χ1) is 8.61.